The number of benzene rings is 1. The van der Waals surface area contributed by atoms with Crippen molar-refractivity contribution >= 4 is 15.8 Å². The number of hydrogen-bond donors (Lipinski definition) is 0. The number of esters is 1. The summed E-state index contributed by atoms with van der Waals surface area (Å²) in [7, 11) is -3.10. The Morgan fingerprint density at radius 2 is 1.95 bits per heavy atom. The molecule has 0 radical (unpaired) electrons. The molecule has 0 aliphatic heterocycles. The fraction of sp³-hybridized carbons (Fsp3) is 0.533. The third kappa shape index (κ3) is 4.63. The van der Waals surface area contributed by atoms with Gasteiger partial charge >= 0.3 is 5.97 Å². The van der Waals surface area contributed by atoms with Crippen LogP contribution < -0.4 is 0 Å². The Bertz CT molecular complexity index is 571. The van der Waals surface area contributed by atoms with Gasteiger partial charge in [0.1, 0.15) is 6.10 Å². The molecule has 0 amide bonds. The van der Waals surface area contributed by atoms with Crippen LogP contribution >= 0.6 is 0 Å². The number of ether oxygens (including phenoxy) is 1. The molecule has 1 aliphatic rings. The average Bonchev–Trinajstić information content (AvgIpc) is 2.38. The Morgan fingerprint density at radius 1 is 1.25 bits per heavy atom. The molecule has 110 valence electrons. The lowest BCUT2D eigenvalue weighted by Crippen LogP contribution is -2.21. The van der Waals surface area contributed by atoms with Crippen molar-refractivity contribution < 1.29 is 17.9 Å². The molecule has 0 aromatic heterocycles. The van der Waals surface area contributed by atoms with Crippen molar-refractivity contribution in [2.24, 2.45) is 0 Å². The summed E-state index contributed by atoms with van der Waals surface area (Å²) in [6.45, 7) is 0. The number of carbonyl (C=O) groups excluding carboxylic acids is 1. The van der Waals surface area contributed by atoms with E-state index in [9.17, 15) is 13.2 Å². The van der Waals surface area contributed by atoms with Gasteiger partial charge in [0.2, 0.25) is 0 Å². The van der Waals surface area contributed by atoms with Gasteiger partial charge in [0, 0.05) is 6.26 Å². The molecule has 0 spiro atoms. The SMILES string of the molecule is CS(=O)(=O)Cc1cccc(C(=O)OC2CCCCC2)c1. The van der Waals surface area contributed by atoms with Crippen molar-refractivity contribution in [2.45, 2.75) is 44.0 Å². The molecule has 1 saturated carbocycles. The van der Waals surface area contributed by atoms with Crippen molar-refractivity contribution in [1.29, 1.82) is 0 Å². The highest BCUT2D eigenvalue weighted by Crippen LogP contribution is 2.21. The number of sulfone groups is 1. The van der Waals surface area contributed by atoms with Crippen LogP contribution in [0.15, 0.2) is 24.3 Å². The fourth-order valence-electron chi connectivity index (χ4n) is 2.49. The maximum Gasteiger partial charge on any atom is 0.338 e. The van der Waals surface area contributed by atoms with E-state index in [1.807, 2.05) is 0 Å². The van der Waals surface area contributed by atoms with Crippen molar-refractivity contribution in [1.82, 2.24) is 0 Å². The summed E-state index contributed by atoms with van der Waals surface area (Å²) < 4.78 is 28.0. The highest BCUT2D eigenvalue weighted by atomic mass is 32.2. The van der Waals surface area contributed by atoms with Crippen LogP contribution in [0.3, 0.4) is 0 Å². The largest absolute Gasteiger partial charge is 0.459 e. The highest BCUT2D eigenvalue weighted by Gasteiger charge is 2.19. The first-order valence-electron chi connectivity index (χ1n) is 6.92. The first-order chi connectivity index (χ1) is 9.44. The topological polar surface area (TPSA) is 60.4 Å². The number of rotatable bonds is 4. The third-order valence-corrected chi connectivity index (χ3v) is 4.28. The van der Waals surface area contributed by atoms with Gasteiger partial charge in [0.25, 0.3) is 0 Å². The van der Waals surface area contributed by atoms with E-state index >= 15 is 0 Å². The summed E-state index contributed by atoms with van der Waals surface area (Å²) in [5, 5.41) is 0. The molecule has 0 N–H and O–H groups in total. The van der Waals surface area contributed by atoms with E-state index in [1.165, 1.54) is 12.7 Å². The second kappa shape index (κ2) is 6.39. The van der Waals surface area contributed by atoms with Crippen LogP contribution in [0.2, 0.25) is 0 Å². The van der Waals surface area contributed by atoms with Gasteiger partial charge < -0.3 is 4.74 Å². The zero-order valence-electron chi connectivity index (χ0n) is 11.7. The molecule has 5 heteroatoms. The minimum Gasteiger partial charge on any atom is -0.459 e. The Balaban J connectivity index is 2.04. The van der Waals surface area contributed by atoms with Crippen LogP contribution in [0, 0.1) is 0 Å². The average molecular weight is 296 g/mol. The van der Waals surface area contributed by atoms with Gasteiger partial charge in [-0.05, 0) is 43.4 Å². The molecular formula is C15H20O4S. The maximum atomic E-state index is 12.1. The van der Waals surface area contributed by atoms with Crippen LogP contribution in [0.5, 0.6) is 0 Å². The van der Waals surface area contributed by atoms with E-state index < -0.39 is 9.84 Å². The van der Waals surface area contributed by atoms with E-state index in [0.29, 0.717) is 11.1 Å². The maximum absolute atomic E-state index is 12.1. The summed E-state index contributed by atoms with van der Waals surface area (Å²) in [5.74, 6) is -0.412. The second-order valence-electron chi connectivity index (χ2n) is 5.44. The van der Waals surface area contributed by atoms with Crippen LogP contribution in [0.4, 0.5) is 0 Å². The zero-order valence-corrected chi connectivity index (χ0v) is 12.5. The minimum atomic E-state index is -3.10. The molecule has 2 rings (SSSR count). The molecule has 0 atom stereocenters. The first kappa shape index (κ1) is 15.0. The number of carbonyl (C=O) groups is 1. The molecule has 1 aromatic rings. The summed E-state index contributed by atoms with van der Waals surface area (Å²) >= 11 is 0. The lowest BCUT2D eigenvalue weighted by Gasteiger charge is -2.21. The van der Waals surface area contributed by atoms with Gasteiger partial charge in [-0.1, -0.05) is 18.6 Å². The normalized spacial score (nSPS) is 16.9. The molecule has 1 aromatic carbocycles. The van der Waals surface area contributed by atoms with Gasteiger partial charge in [0.15, 0.2) is 9.84 Å². The Labute approximate surface area is 120 Å². The lowest BCUT2D eigenvalue weighted by atomic mass is 9.98. The van der Waals surface area contributed by atoms with Crippen LogP contribution in [-0.2, 0) is 20.3 Å². The van der Waals surface area contributed by atoms with E-state index in [4.69, 9.17) is 4.74 Å². The van der Waals surface area contributed by atoms with E-state index in [-0.39, 0.29) is 17.8 Å². The highest BCUT2D eigenvalue weighted by molar-refractivity contribution is 7.89. The molecule has 0 saturated heterocycles. The summed E-state index contributed by atoms with van der Waals surface area (Å²) in [5.41, 5.74) is 1.04. The van der Waals surface area contributed by atoms with Crippen LogP contribution in [-0.4, -0.2) is 26.7 Å². The third-order valence-electron chi connectivity index (χ3n) is 3.42. The van der Waals surface area contributed by atoms with Gasteiger partial charge in [-0.25, -0.2) is 13.2 Å². The smallest absolute Gasteiger partial charge is 0.338 e. The molecule has 0 heterocycles. The van der Waals surface area contributed by atoms with Crippen molar-refractivity contribution in [2.75, 3.05) is 6.26 Å². The van der Waals surface area contributed by atoms with Gasteiger partial charge in [0.05, 0.1) is 11.3 Å². The van der Waals surface area contributed by atoms with Crippen molar-refractivity contribution in [3.05, 3.63) is 35.4 Å². The monoisotopic (exact) mass is 296 g/mol. The summed E-state index contributed by atoms with van der Waals surface area (Å²) in [6, 6.07) is 6.67. The van der Waals surface area contributed by atoms with E-state index in [0.717, 1.165) is 25.7 Å². The Hall–Kier alpha value is -1.36. The standard InChI is InChI=1S/C15H20O4S/c1-20(17,18)11-12-6-5-7-13(10-12)15(16)19-14-8-3-2-4-9-14/h5-7,10,14H,2-4,8-9,11H2,1H3. The molecule has 4 nitrogen and oxygen atoms in total. The molecule has 1 fully saturated rings. The quantitative estimate of drug-likeness (QED) is 0.802. The lowest BCUT2D eigenvalue weighted by molar-refractivity contribution is 0.0211. The van der Waals surface area contributed by atoms with E-state index in [1.54, 1.807) is 24.3 Å². The van der Waals surface area contributed by atoms with Crippen LogP contribution in [0.1, 0.15) is 48.0 Å². The van der Waals surface area contributed by atoms with Crippen LogP contribution in [0.25, 0.3) is 0 Å². The second-order valence-corrected chi connectivity index (χ2v) is 7.58. The zero-order chi connectivity index (χ0) is 14.6. The summed E-state index contributed by atoms with van der Waals surface area (Å²) in [6.07, 6.45) is 6.45. The van der Waals surface area contributed by atoms with Gasteiger partial charge in [-0.15, -0.1) is 0 Å². The predicted octanol–water partition coefficient (Wildman–Crippen LogP) is 2.72. The molecular weight excluding hydrogens is 276 g/mol. The van der Waals surface area contributed by atoms with E-state index in [2.05, 4.69) is 0 Å². The first-order valence-corrected chi connectivity index (χ1v) is 8.98. The summed E-state index contributed by atoms with van der Waals surface area (Å²) in [4.78, 5) is 12.1. The Morgan fingerprint density at radius 3 is 2.60 bits per heavy atom. The van der Waals surface area contributed by atoms with Gasteiger partial charge in [-0.2, -0.15) is 0 Å². The molecule has 1 aliphatic carbocycles. The van der Waals surface area contributed by atoms with Crippen molar-refractivity contribution in [3.8, 4) is 0 Å². The fourth-order valence-corrected chi connectivity index (χ4v) is 3.28. The predicted molar refractivity (Wildman–Crippen MR) is 77.3 cm³/mol. The molecule has 0 unspecified atom stereocenters. The Kier molecular flexibility index (Phi) is 4.81. The van der Waals surface area contributed by atoms with Gasteiger partial charge in [-0.3, -0.25) is 0 Å². The minimum absolute atomic E-state index is 0.00909. The molecule has 20 heavy (non-hydrogen) atoms. The van der Waals surface area contributed by atoms with Crippen molar-refractivity contribution in [3.63, 3.8) is 0 Å². The number of hydrogen-bond acceptors (Lipinski definition) is 4. The molecule has 0 bridgehead atoms.